The summed E-state index contributed by atoms with van der Waals surface area (Å²) in [6, 6.07) is 6.83. The predicted octanol–water partition coefficient (Wildman–Crippen LogP) is 4.75. The van der Waals surface area contributed by atoms with Crippen LogP contribution >= 0.6 is 0 Å². The number of rotatable bonds is 2. The summed E-state index contributed by atoms with van der Waals surface area (Å²) in [5.74, 6) is 2.33. The van der Waals surface area contributed by atoms with Crippen molar-refractivity contribution in [2.24, 2.45) is 11.8 Å². The number of hydrogen-bond acceptors (Lipinski definition) is 2. The number of nitrogens with one attached hydrogen (secondary N) is 2. The molecule has 0 radical (unpaired) electrons. The molecule has 0 amide bonds. The zero-order valence-electron chi connectivity index (χ0n) is 15.2. The molecule has 3 nitrogen and oxygen atoms in total. The van der Waals surface area contributed by atoms with Crippen LogP contribution in [0.25, 0.3) is 10.9 Å². The van der Waals surface area contributed by atoms with Gasteiger partial charge in [0.1, 0.15) is 5.75 Å². The van der Waals surface area contributed by atoms with Crippen LogP contribution in [-0.2, 0) is 6.42 Å². The second-order valence-corrected chi connectivity index (χ2v) is 7.72. The minimum absolute atomic E-state index is 0.435. The van der Waals surface area contributed by atoms with E-state index >= 15 is 0 Å². The average Bonchev–Trinajstić information content (AvgIpc) is 2.96. The van der Waals surface area contributed by atoms with Crippen LogP contribution in [0.2, 0.25) is 0 Å². The van der Waals surface area contributed by atoms with Gasteiger partial charge in [0.15, 0.2) is 0 Å². The van der Waals surface area contributed by atoms with E-state index < -0.39 is 0 Å². The van der Waals surface area contributed by atoms with Gasteiger partial charge in [-0.1, -0.05) is 18.1 Å². The number of hydrogen-bond donors (Lipinski definition) is 2. The van der Waals surface area contributed by atoms with Gasteiger partial charge in [-0.3, -0.25) is 0 Å². The van der Waals surface area contributed by atoms with Crippen LogP contribution in [0.3, 0.4) is 0 Å². The number of aromatic amines is 1. The van der Waals surface area contributed by atoms with Crippen LogP contribution in [0.15, 0.2) is 29.3 Å². The standard InChI is InChI=1S/C21H28N2O/c1-12-9-14(3)17(10-13(12)2)20-21-16(7-8-22-20)18-11-15(24-4)5-6-19(18)23-21/h5-6,11,14,17,20,22-23H,7-10H2,1-4H3/t14-,17+,20+/m0/s1. The molecule has 1 aromatic carbocycles. The highest BCUT2D eigenvalue weighted by molar-refractivity contribution is 5.86. The van der Waals surface area contributed by atoms with Gasteiger partial charge in [-0.25, -0.2) is 0 Å². The Morgan fingerprint density at radius 3 is 2.71 bits per heavy atom. The lowest BCUT2D eigenvalue weighted by Crippen LogP contribution is -2.38. The Bertz CT molecular complexity index is 802. The Hall–Kier alpha value is -1.74. The molecule has 0 bridgehead atoms. The zero-order valence-corrected chi connectivity index (χ0v) is 15.2. The molecule has 2 N–H and O–H groups in total. The fraction of sp³-hybridized carbons (Fsp3) is 0.524. The van der Waals surface area contributed by atoms with Gasteiger partial charge in [0.2, 0.25) is 0 Å². The van der Waals surface area contributed by atoms with Crippen LogP contribution in [0.4, 0.5) is 0 Å². The first-order valence-corrected chi connectivity index (χ1v) is 9.15. The molecule has 0 saturated carbocycles. The third-order valence-corrected chi connectivity index (χ3v) is 6.25. The second kappa shape index (κ2) is 5.96. The van der Waals surface area contributed by atoms with E-state index in [2.05, 4.69) is 43.2 Å². The van der Waals surface area contributed by atoms with Crippen molar-refractivity contribution in [3.63, 3.8) is 0 Å². The monoisotopic (exact) mass is 324 g/mol. The first-order valence-electron chi connectivity index (χ1n) is 9.15. The molecule has 0 fully saturated rings. The van der Waals surface area contributed by atoms with Crippen molar-refractivity contribution in [1.29, 1.82) is 0 Å². The van der Waals surface area contributed by atoms with E-state index in [4.69, 9.17) is 4.74 Å². The molecule has 24 heavy (non-hydrogen) atoms. The van der Waals surface area contributed by atoms with Crippen LogP contribution in [-0.4, -0.2) is 18.6 Å². The summed E-state index contributed by atoms with van der Waals surface area (Å²) in [7, 11) is 1.74. The summed E-state index contributed by atoms with van der Waals surface area (Å²) in [6.07, 6.45) is 3.54. The highest BCUT2D eigenvalue weighted by Gasteiger charge is 2.35. The van der Waals surface area contributed by atoms with E-state index in [-0.39, 0.29) is 0 Å². The Morgan fingerprint density at radius 1 is 1.12 bits per heavy atom. The Kier molecular flexibility index (Phi) is 3.92. The van der Waals surface area contributed by atoms with E-state index in [1.807, 2.05) is 6.07 Å². The van der Waals surface area contributed by atoms with E-state index in [0.717, 1.165) is 24.6 Å². The number of H-pyrrole nitrogens is 1. The van der Waals surface area contributed by atoms with Crippen molar-refractivity contribution in [3.05, 3.63) is 40.6 Å². The highest BCUT2D eigenvalue weighted by Crippen LogP contribution is 2.44. The van der Waals surface area contributed by atoms with Gasteiger partial charge >= 0.3 is 0 Å². The molecule has 2 aliphatic rings. The van der Waals surface area contributed by atoms with Crippen LogP contribution in [0.5, 0.6) is 5.75 Å². The molecular weight excluding hydrogens is 296 g/mol. The van der Waals surface area contributed by atoms with Gasteiger partial charge in [-0.15, -0.1) is 0 Å². The molecular formula is C21H28N2O. The molecule has 1 aliphatic carbocycles. The largest absolute Gasteiger partial charge is 0.497 e. The highest BCUT2D eigenvalue weighted by atomic mass is 16.5. The fourth-order valence-electron chi connectivity index (χ4n) is 4.71. The Balaban J connectivity index is 1.76. The van der Waals surface area contributed by atoms with Gasteiger partial charge in [-0.05, 0) is 75.3 Å². The van der Waals surface area contributed by atoms with E-state index in [0.29, 0.717) is 12.0 Å². The second-order valence-electron chi connectivity index (χ2n) is 7.72. The average molecular weight is 324 g/mol. The Labute approximate surface area is 144 Å². The third kappa shape index (κ3) is 2.46. The first-order chi connectivity index (χ1) is 11.6. The number of ether oxygens (including phenoxy) is 1. The topological polar surface area (TPSA) is 37.0 Å². The van der Waals surface area contributed by atoms with Crippen molar-refractivity contribution >= 4 is 10.9 Å². The quantitative estimate of drug-likeness (QED) is 0.783. The maximum Gasteiger partial charge on any atom is 0.119 e. The van der Waals surface area contributed by atoms with Crippen molar-refractivity contribution in [2.45, 2.75) is 46.1 Å². The molecule has 2 aromatic rings. The third-order valence-electron chi connectivity index (χ3n) is 6.25. The molecule has 0 spiro atoms. The maximum atomic E-state index is 5.43. The predicted molar refractivity (Wildman–Crippen MR) is 99.6 cm³/mol. The minimum Gasteiger partial charge on any atom is -0.497 e. The van der Waals surface area contributed by atoms with Crippen molar-refractivity contribution in [3.8, 4) is 5.75 Å². The summed E-state index contributed by atoms with van der Waals surface area (Å²) >= 11 is 0. The molecule has 3 atom stereocenters. The van der Waals surface area contributed by atoms with Gasteiger partial charge in [-0.2, -0.15) is 0 Å². The Morgan fingerprint density at radius 2 is 1.92 bits per heavy atom. The summed E-state index contributed by atoms with van der Waals surface area (Å²) in [5, 5.41) is 5.15. The van der Waals surface area contributed by atoms with Crippen molar-refractivity contribution in [1.82, 2.24) is 10.3 Å². The molecule has 0 unspecified atom stereocenters. The number of aromatic nitrogens is 1. The number of allylic oxidation sites excluding steroid dienone is 2. The SMILES string of the molecule is COc1ccc2[nH]c3c(c2c1)CCN[C@@H]3[C@@H]1CC(C)=C(C)C[C@@H]1C. The minimum atomic E-state index is 0.435. The number of fused-ring (bicyclic) bond motifs is 3. The zero-order chi connectivity index (χ0) is 16.8. The molecule has 4 rings (SSSR count). The molecule has 2 heterocycles. The van der Waals surface area contributed by atoms with Crippen molar-refractivity contribution < 1.29 is 4.74 Å². The normalized spacial score (nSPS) is 27.4. The summed E-state index contributed by atoms with van der Waals surface area (Å²) < 4.78 is 5.43. The van der Waals surface area contributed by atoms with E-state index in [9.17, 15) is 0 Å². The molecule has 1 aliphatic heterocycles. The van der Waals surface area contributed by atoms with E-state index in [1.165, 1.54) is 35.0 Å². The van der Waals surface area contributed by atoms with Gasteiger partial charge in [0, 0.05) is 16.6 Å². The molecule has 128 valence electrons. The summed E-state index contributed by atoms with van der Waals surface area (Å²) in [6.45, 7) is 8.10. The molecule has 1 aromatic heterocycles. The fourth-order valence-corrected chi connectivity index (χ4v) is 4.71. The molecule has 0 saturated heterocycles. The molecule has 3 heteroatoms. The van der Waals surface area contributed by atoms with Crippen LogP contribution in [0, 0.1) is 11.8 Å². The lowest BCUT2D eigenvalue weighted by Gasteiger charge is -2.39. The lowest BCUT2D eigenvalue weighted by atomic mass is 9.72. The summed E-state index contributed by atoms with van der Waals surface area (Å²) in [4.78, 5) is 3.73. The maximum absolute atomic E-state index is 5.43. The van der Waals surface area contributed by atoms with Gasteiger partial charge in [0.05, 0.1) is 13.2 Å². The smallest absolute Gasteiger partial charge is 0.119 e. The summed E-state index contributed by atoms with van der Waals surface area (Å²) in [5.41, 5.74) is 7.32. The van der Waals surface area contributed by atoms with Gasteiger partial charge in [0.25, 0.3) is 0 Å². The van der Waals surface area contributed by atoms with Crippen LogP contribution in [0.1, 0.15) is 50.9 Å². The van der Waals surface area contributed by atoms with E-state index in [1.54, 1.807) is 18.3 Å². The lowest BCUT2D eigenvalue weighted by molar-refractivity contribution is 0.237. The van der Waals surface area contributed by atoms with Crippen LogP contribution < -0.4 is 10.1 Å². The first kappa shape index (κ1) is 15.8. The van der Waals surface area contributed by atoms with Crippen molar-refractivity contribution in [2.75, 3.05) is 13.7 Å². The number of benzene rings is 1. The number of methoxy groups -OCH3 is 1. The van der Waals surface area contributed by atoms with Gasteiger partial charge < -0.3 is 15.0 Å².